The molecular weight excluding hydrogens is 221 g/mol. The summed E-state index contributed by atoms with van der Waals surface area (Å²) in [7, 11) is 0. The normalized spacial score (nSPS) is 13.6. The number of rotatable bonds is 3. The maximum atomic E-state index is 12.0. The van der Waals surface area contributed by atoms with E-state index in [2.05, 4.69) is 0 Å². The van der Waals surface area contributed by atoms with Crippen molar-refractivity contribution >= 4 is 5.78 Å². The maximum absolute atomic E-state index is 12.0. The molecule has 0 aliphatic heterocycles. The lowest BCUT2D eigenvalue weighted by Gasteiger charge is -2.13. The number of aliphatic hydroxyl groups is 1. The first kappa shape index (κ1) is 12.7. The van der Waals surface area contributed by atoms with Gasteiger partial charge in [-0.25, -0.2) is 0 Å². The van der Waals surface area contributed by atoms with Gasteiger partial charge in [0, 0.05) is 12.0 Å². The number of Topliss-reactive ketones (excluding diaryl/α,β-unsaturated/α-hetero) is 1. The second-order valence-electron chi connectivity index (χ2n) is 3.55. The van der Waals surface area contributed by atoms with Crippen molar-refractivity contribution in [2.24, 2.45) is 0 Å². The molecule has 16 heavy (non-hydrogen) atoms. The average molecular weight is 232 g/mol. The highest BCUT2D eigenvalue weighted by Gasteiger charge is 2.39. The van der Waals surface area contributed by atoms with E-state index < -0.39 is 24.5 Å². The Morgan fingerprint density at radius 3 is 2.25 bits per heavy atom. The van der Waals surface area contributed by atoms with E-state index in [-0.39, 0.29) is 5.56 Å². The standard InChI is InChI=1S/C11H11F3O2/c1-7-2-4-8(5-3-7)9(15)6-10(16)11(12,13)14/h2-5,10,16H,6H2,1H3. The van der Waals surface area contributed by atoms with Crippen LogP contribution in [0.4, 0.5) is 13.2 Å². The summed E-state index contributed by atoms with van der Waals surface area (Å²) in [6, 6.07) is 6.15. The first-order chi connectivity index (χ1) is 7.30. The summed E-state index contributed by atoms with van der Waals surface area (Å²) in [4.78, 5) is 11.4. The van der Waals surface area contributed by atoms with Gasteiger partial charge in [-0.2, -0.15) is 13.2 Å². The third kappa shape index (κ3) is 3.34. The number of alkyl halides is 3. The Kier molecular flexibility index (Phi) is 3.70. The van der Waals surface area contributed by atoms with Crippen LogP contribution in [0.1, 0.15) is 22.3 Å². The van der Waals surface area contributed by atoms with Gasteiger partial charge in [-0.15, -0.1) is 0 Å². The van der Waals surface area contributed by atoms with E-state index >= 15 is 0 Å². The van der Waals surface area contributed by atoms with Gasteiger partial charge < -0.3 is 5.11 Å². The molecule has 0 aliphatic rings. The molecule has 0 amide bonds. The second kappa shape index (κ2) is 4.65. The highest BCUT2D eigenvalue weighted by Crippen LogP contribution is 2.23. The Balaban J connectivity index is 2.70. The van der Waals surface area contributed by atoms with Gasteiger partial charge in [0.15, 0.2) is 11.9 Å². The topological polar surface area (TPSA) is 37.3 Å². The van der Waals surface area contributed by atoms with E-state index in [4.69, 9.17) is 5.11 Å². The van der Waals surface area contributed by atoms with Crippen LogP contribution in [-0.2, 0) is 0 Å². The van der Waals surface area contributed by atoms with Crippen LogP contribution >= 0.6 is 0 Å². The molecular formula is C11H11F3O2. The van der Waals surface area contributed by atoms with Crippen LogP contribution in [0.3, 0.4) is 0 Å². The molecule has 1 aromatic rings. The molecule has 1 rings (SSSR count). The maximum Gasteiger partial charge on any atom is 0.414 e. The molecule has 0 radical (unpaired) electrons. The molecule has 0 bridgehead atoms. The van der Waals surface area contributed by atoms with E-state index in [9.17, 15) is 18.0 Å². The third-order valence-electron chi connectivity index (χ3n) is 2.13. The predicted octanol–water partition coefficient (Wildman–Crippen LogP) is 2.49. The summed E-state index contributed by atoms with van der Waals surface area (Å²) in [5, 5.41) is 8.73. The minimum Gasteiger partial charge on any atom is -0.383 e. The predicted molar refractivity (Wildman–Crippen MR) is 52.2 cm³/mol. The minimum atomic E-state index is -4.75. The fourth-order valence-electron chi connectivity index (χ4n) is 1.15. The number of aryl methyl sites for hydroxylation is 1. The number of hydrogen-bond acceptors (Lipinski definition) is 2. The van der Waals surface area contributed by atoms with Crippen molar-refractivity contribution in [3.8, 4) is 0 Å². The van der Waals surface area contributed by atoms with Crippen molar-refractivity contribution in [3.63, 3.8) is 0 Å². The quantitative estimate of drug-likeness (QED) is 0.813. The van der Waals surface area contributed by atoms with Crippen molar-refractivity contribution in [2.45, 2.75) is 25.6 Å². The van der Waals surface area contributed by atoms with Crippen molar-refractivity contribution < 1.29 is 23.1 Å². The minimum absolute atomic E-state index is 0.175. The largest absolute Gasteiger partial charge is 0.414 e. The fraction of sp³-hybridized carbons (Fsp3) is 0.364. The van der Waals surface area contributed by atoms with E-state index in [1.807, 2.05) is 0 Å². The van der Waals surface area contributed by atoms with Gasteiger partial charge in [0.1, 0.15) is 0 Å². The molecule has 5 heteroatoms. The zero-order valence-electron chi connectivity index (χ0n) is 8.58. The van der Waals surface area contributed by atoms with Gasteiger partial charge >= 0.3 is 6.18 Å². The number of carbonyl (C=O) groups excluding carboxylic acids is 1. The SMILES string of the molecule is Cc1ccc(C(=O)CC(O)C(F)(F)F)cc1. The molecule has 1 unspecified atom stereocenters. The fourth-order valence-corrected chi connectivity index (χ4v) is 1.15. The van der Waals surface area contributed by atoms with Crippen LogP contribution < -0.4 is 0 Å². The number of halogens is 3. The number of ketones is 1. The molecule has 1 N–H and O–H groups in total. The lowest BCUT2D eigenvalue weighted by atomic mass is 10.0. The highest BCUT2D eigenvalue weighted by atomic mass is 19.4. The first-order valence-corrected chi connectivity index (χ1v) is 4.65. The first-order valence-electron chi connectivity index (χ1n) is 4.65. The molecule has 88 valence electrons. The van der Waals surface area contributed by atoms with Crippen LogP contribution in [0, 0.1) is 6.92 Å². The monoisotopic (exact) mass is 232 g/mol. The number of hydrogen-bond donors (Lipinski definition) is 1. The Bertz CT molecular complexity index is 368. The lowest BCUT2D eigenvalue weighted by Crippen LogP contribution is -2.30. The molecule has 0 aliphatic carbocycles. The summed E-state index contributed by atoms with van der Waals surface area (Å²) in [6.07, 6.45) is -8.28. The summed E-state index contributed by atoms with van der Waals surface area (Å²) in [5.74, 6) is -0.718. The lowest BCUT2D eigenvalue weighted by molar-refractivity contribution is -0.202. The van der Waals surface area contributed by atoms with Crippen molar-refractivity contribution in [3.05, 3.63) is 35.4 Å². The Labute approximate surface area is 90.7 Å². The number of carbonyl (C=O) groups is 1. The number of aliphatic hydroxyl groups excluding tert-OH is 1. The summed E-state index contributed by atoms with van der Waals surface area (Å²) in [6.45, 7) is 1.80. The highest BCUT2D eigenvalue weighted by molar-refractivity contribution is 5.96. The third-order valence-corrected chi connectivity index (χ3v) is 2.13. The number of benzene rings is 1. The van der Waals surface area contributed by atoms with Gasteiger partial charge in [0.25, 0.3) is 0 Å². The van der Waals surface area contributed by atoms with Crippen LogP contribution in [0.15, 0.2) is 24.3 Å². The van der Waals surface area contributed by atoms with Gasteiger partial charge in [-0.05, 0) is 6.92 Å². The van der Waals surface area contributed by atoms with E-state index in [1.54, 1.807) is 19.1 Å². The van der Waals surface area contributed by atoms with Crippen molar-refractivity contribution in [1.82, 2.24) is 0 Å². The molecule has 1 atom stereocenters. The molecule has 2 nitrogen and oxygen atoms in total. The van der Waals surface area contributed by atoms with Crippen LogP contribution in [0.2, 0.25) is 0 Å². The van der Waals surface area contributed by atoms with Gasteiger partial charge in [-0.3, -0.25) is 4.79 Å². The summed E-state index contributed by atoms with van der Waals surface area (Å²) < 4.78 is 36.0. The van der Waals surface area contributed by atoms with Crippen molar-refractivity contribution in [1.29, 1.82) is 0 Å². The van der Waals surface area contributed by atoms with Gasteiger partial charge in [-0.1, -0.05) is 29.8 Å². The Hall–Kier alpha value is -1.36. The molecule has 0 saturated heterocycles. The zero-order chi connectivity index (χ0) is 12.3. The van der Waals surface area contributed by atoms with Crippen LogP contribution in [-0.4, -0.2) is 23.2 Å². The zero-order valence-corrected chi connectivity index (χ0v) is 8.58. The van der Waals surface area contributed by atoms with E-state index in [0.29, 0.717) is 0 Å². The molecule has 0 aromatic heterocycles. The van der Waals surface area contributed by atoms with Gasteiger partial charge in [0.05, 0.1) is 0 Å². The molecule has 0 saturated carbocycles. The molecule has 1 aromatic carbocycles. The van der Waals surface area contributed by atoms with Crippen molar-refractivity contribution in [2.75, 3.05) is 0 Å². The molecule has 0 spiro atoms. The molecule has 0 heterocycles. The van der Waals surface area contributed by atoms with Crippen LogP contribution in [0.5, 0.6) is 0 Å². The van der Waals surface area contributed by atoms with Gasteiger partial charge in [0.2, 0.25) is 0 Å². The summed E-state index contributed by atoms with van der Waals surface area (Å²) in [5.41, 5.74) is 1.09. The van der Waals surface area contributed by atoms with Crippen LogP contribution in [0.25, 0.3) is 0 Å². The smallest absolute Gasteiger partial charge is 0.383 e. The molecule has 0 fully saturated rings. The second-order valence-corrected chi connectivity index (χ2v) is 3.55. The summed E-state index contributed by atoms with van der Waals surface area (Å²) >= 11 is 0. The Morgan fingerprint density at radius 2 is 1.81 bits per heavy atom. The average Bonchev–Trinajstić information content (AvgIpc) is 2.17. The van der Waals surface area contributed by atoms with E-state index in [1.165, 1.54) is 12.1 Å². The van der Waals surface area contributed by atoms with E-state index in [0.717, 1.165) is 5.56 Å². The Morgan fingerprint density at radius 1 is 1.31 bits per heavy atom.